The maximum Gasteiger partial charge on any atom is 0.306 e. The van der Waals surface area contributed by atoms with Crippen molar-refractivity contribution in [3.63, 3.8) is 0 Å². The Hall–Kier alpha value is -2.92. The van der Waals surface area contributed by atoms with Gasteiger partial charge in [-0.3, -0.25) is 9.59 Å². The minimum Gasteiger partial charge on any atom is -0.462 e. The summed E-state index contributed by atoms with van der Waals surface area (Å²) in [5, 5.41) is 0. The fourth-order valence-corrected chi connectivity index (χ4v) is 8.06. The van der Waals surface area contributed by atoms with Crippen molar-refractivity contribution < 1.29 is 23.8 Å². The predicted molar refractivity (Wildman–Crippen MR) is 297 cm³/mol. The van der Waals surface area contributed by atoms with E-state index in [1.165, 1.54) is 154 Å². The number of allylic oxidation sites excluding steroid dienone is 14. The molecule has 0 bridgehead atoms. The molecule has 0 aromatic heterocycles. The van der Waals surface area contributed by atoms with Crippen LogP contribution in [0.15, 0.2) is 85.1 Å². The van der Waals surface area contributed by atoms with E-state index < -0.39 is 6.10 Å². The van der Waals surface area contributed by atoms with E-state index in [2.05, 4.69) is 106 Å². The number of carbonyl (C=O) groups excluding carboxylic acids is 2. The third-order valence-electron chi connectivity index (χ3n) is 12.4. The van der Waals surface area contributed by atoms with Crippen molar-refractivity contribution in [1.82, 2.24) is 0 Å². The van der Waals surface area contributed by atoms with Gasteiger partial charge in [0, 0.05) is 19.4 Å². The van der Waals surface area contributed by atoms with E-state index >= 15 is 0 Å². The minimum absolute atomic E-state index is 0.0628. The molecule has 68 heavy (non-hydrogen) atoms. The molecule has 5 nitrogen and oxygen atoms in total. The first-order valence-corrected chi connectivity index (χ1v) is 29.1. The molecule has 5 heteroatoms. The average molecular weight is 948 g/mol. The van der Waals surface area contributed by atoms with E-state index in [-0.39, 0.29) is 25.2 Å². The van der Waals surface area contributed by atoms with Gasteiger partial charge in [0.1, 0.15) is 6.61 Å². The van der Waals surface area contributed by atoms with Crippen LogP contribution in [0.4, 0.5) is 0 Å². The summed E-state index contributed by atoms with van der Waals surface area (Å²) in [6, 6.07) is 0. The van der Waals surface area contributed by atoms with Gasteiger partial charge in [0.05, 0.1) is 6.61 Å². The van der Waals surface area contributed by atoms with Crippen molar-refractivity contribution in [3.05, 3.63) is 85.1 Å². The molecule has 0 heterocycles. The molecular formula is C63H110O5. The third kappa shape index (κ3) is 55.7. The maximum absolute atomic E-state index is 12.9. The van der Waals surface area contributed by atoms with Gasteiger partial charge in [0.25, 0.3) is 0 Å². The standard InChI is InChI=1S/C63H110O5/c1-4-7-10-13-16-19-22-25-28-30-32-34-36-38-41-44-47-50-53-56-62(64)67-60-61(59-66-58-55-52-49-46-43-40-27-24-21-18-15-12-9-6-3)68-63(65)57-54-51-48-45-42-39-37-35-33-31-29-26-23-20-17-14-11-8-5-2/h7,10,16,19,21,24-26,28-29,32,34,38,41,61H,4-6,8-9,11-15,17-18,20,22-23,27,30-31,33,35-37,39-40,42-60H2,1-3H3/b10-7-,19-16-,24-21-,28-25-,29-26-,34-32-,41-38-. The van der Waals surface area contributed by atoms with E-state index in [4.69, 9.17) is 14.2 Å². The van der Waals surface area contributed by atoms with Gasteiger partial charge in [-0.1, -0.05) is 234 Å². The summed E-state index contributed by atoms with van der Waals surface area (Å²) in [4.78, 5) is 25.5. The Labute approximate surface area is 422 Å². The van der Waals surface area contributed by atoms with Gasteiger partial charge in [-0.2, -0.15) is 0 Å². The lowest BCUT2D eigenvalue weighted by molar-refractivity contribution is -0.163. The molecule has 0 rings (SSSR count). The van der Waals surface area contributed by atoms with Crippen LogP contribution >= 0.6 is 0 Å². The topological polar surface area (TPSA) is 61.8 Å². The summed E-state index contributed by atoms with van der Waals surface area (Å²) < 4.78 is 17.5. The van der Waals surface area contributed by atoms with Crippen LogP contribution < -0.4 is 0 Å². The Kier molecular flexibility index (Phi) is 55.9. The van der Waals surface area contributed by atoms with Crippen molar-refractivity contribution >= 4 is 11.9 Å². The van der Waals surface area contributed by atoms with E-state index in [0.717, 1.165) is 89.9 Å². The fourth-order valence-electron chi connectivity index (χ4n) is 8.06. The first kappa shape index (κ1) is 65.1. The quantitative estimate of drug-likeness (QED) is 0.0345. The van der Waals surface area contributed by atoms with Gasteiger partial charge < -0.3 is 14.2 Å². The predicted octanol–water partition coefficient (Wildman–Crippen LogP) is 20.0. The average Bonchev–Trinajstić information content (AvgIpc) is 3.34. The second kappa shape index (κ2) is 58.4. The molecule has 0 spiro atoms. The second-order valence-electron chi connectivity index (χ2n) is 19.2. The molecule has 1 atom stereocenters. The van der Waals surface area contributed by atoms with E-state index in [9.17, 15) is 9.59 Å². The van der Waals surface area contributed by atoms with E-state index in [1.807, 2.05) is 0 Å². The highest BCUT2D eigenvalue weighted by Gasteiger charge is 2.17. The Morgan fingerprint density at radius 3 is 1.10 bits per heavy atom. The van der Waals surface area contributed by atoms with Crippen LogP contribution in [-0.2, 0) is 23.8 Å². The number of ether oxygens (including phenoxy) is 3. The summed E-state index contributed by atoms with van der Waals surface area (Å²) in [5.74, 6) is -0.434. The van der Waals surface area contributed by atoms with Gasteiger partial charge in [0.15, 0.2) is 6.10 Å². The molecular weight excluding hydrogens is 837 g/mol. The highest BCUT2D eigenvalue weighted by atomic mass is 16.6. The van der Waals surface area contributed by atoms with Crippen molar-refractivity contribution in [1.29, 1.82) is 0 Å². The van der Waals surface area contributed by atoms with Crippen molar-refractivity contribution in [3.8, 4) is 0 Å². The summed E-state index contributed by atoms with van der Waals surface area (Å²) in [6.07, 6.45) is 77.4. The molecule has 0 aliphatic rings. The summed E-state index contributed by atoms with van der Waals surface area (Å²) in [5.41, 5.74) is 0. The monoisotopic (exact) mass is 947 g/mol. The van der Waals surface area contributed by atoms with Gasteiger partial charge in [-0.15, -0.1) is 0 Å². The lowest BCUT2D eigenvalue weighted by atomic mass is 10.1. The molecule has 0 fully saturated rings. The van der Waals surface area contributed by atoms with Crippen LogP contribution in [0.1, 0.15) is 278 Å². The van der Waals surface area contributed by atoms with Gasteiger partial charge in [-0.25, -0.2) is 0 Å². The SMILES string of the molecule is CC/C=C\C/C=C\C/C=C\C/C=C\C/C=C\CCCCCC(=O)OCC(COCCCCCCCC/C=C\CCCCCC)OC(=O)CCCCCCCCCCC/C=C\CCCCCCCC. The van der Waals surface area contributed by atoms with Gasteiger partial charge in [-0.05, 0) is 116 Å². The molecule has 0 radical (unpaired) electrons. The largest absolute Gasteiger partial charge is 0.462 e. The van der Waals surface area contributed by atoms with Gasteiger partial charge >= 0.3 is 11.9 Å². The normalized spacial score (nSPS) is 12.8. The highest BCUT2D eigenvalue weighted by Crippen LogP contribution is 2.15. The zero-order valence-corrected chi connectivity index (χ0v) is 45.1. The zero-order chi connectivity index (χ0) is 49.2. The van der Waals surface area contributed by atoms with Gasteiger partial charge in [0.2, 0.25) is 0 Å². The highest BCUT2D eigenvalue weighted by molar-refractivity contribution is 5.70. The Balaban J connectivity index is 4.33. The molecule has 0 amide bonds. The van der Waals surface area contributed by atoms with E-state index in [1.54, 1.807) is 0 Å². The number of esters is 2. The molecule has 0 aromatic carbocycles. The van der Waals surface area contributed by atoms with E-state index in [0.29, 0.717) is 19.4 Å². The second-order valence-corrected chi connectivity index (χ2v) is 19.2. The smallest absolute Gasteiger partial charge is 0.306 e. The lowest BCUT2D eigenvalue weighted by Crippen LogP contribution is -2.30. The zero-order valence-electron chi connectivity index (χ0n) is 45.1. The number of unbranched alkanes of at least 4 members (excludes halogenated alkanes) is 28. The lowest BCUT2D eigenvalue weighted by Gasteiger charge is -2.18. The summed E-state index contributed by atoms with van der Waals surface area (Å²) >= 11 is 0. The number of hydrogen-bond acceptors (Lipinski definition) is 5. The summed E-state index contributed by atoms with van der Waals surface area (Å²) in [6.45, 7) is 7.67. The van der Waals surface area contributed by atoms with Crippen LogP contribution in [0.2, 0.25) is 0 Å². The molecule has 0 aliphatic carbocycles. The van der Waals surface area contributed by atoms with Crippen LogP contribution in [0, 0.1) is 0 Å². The molecule has 392 valence electrons. The summed E-state index contributed by atoms with van der Waals surface area (Å²) in [7, 11) is 0. The van der Waals surface area contributed by atoms with Crippen LogP contribution in [0.3, 0.4) is 0 Å². The first-order valence-electron chi connectivity index (χ1n) is 29.1. The minimum atomic E-state index is -0.558. The van der Waals surface area contributed by atoms with Crippen molar-refractivity contribution in [2.45, 2.75) is 284 Å². The third-order valence-corrected chi connectivity index (χ3v) is 12.4. The van der Waals surface area contributed by atoms with Crippen LogP contribution in [0.5, 0.6) is 0 Å². The number of rotatable bonds is 53. The Morgan fingerprint density at radius 2 is 0.662 bits per heavy atom. The molecule has 0 N–H and O–H groups in total. The van der Waals surface area contributed by atoms with Crippen molar-refractivity contribution in [2.75, 3.05) is 19.8 Å². The molecule has 0 aromatic rings. The van der Waals surface area contributed by atoms with Crippen molar-refractivity contribution in [2.24, 2.45) is 0 Å². The number of hydrogen-bond donors (Lipinski definition) is 0. The Morgan fingerprint density at radius 1 is 0.338 bits per heavy atom. The van der Waals surface area contributed by atoms with Crippen LogP contribution in [-0.4, -0.2) is 37.9 Å². The maximum atomic E-state index is 12.9. The molecule has 0 aliphatic heterocycles. The first-order chi connectivity index (χ1) is 33.6. The molecule has 0 saturated carbocycles. The molecule has 1 unspecified atom stereocenters. The Bertz CT molecular complexity index is 1250. The van der Waals surface area contributed by atoms with Crippen LogP contribution in [0.25, 0.3) is 0 Å². The molecule has 0 saturated heterocycles. The number of carbonyl (C=O) groups is 2. The fraction of sp³-hybridized carbons (Fsp3) is 0.746.